The van der Waals surface area contributed by atoms with Gasteiger partial charge >= 0.3 is 0 Å². The van der Waals surface area contributed by atoms with Crippen LogP contribution < -0.4 is 5.32 Å². The Hall–Kier alpha value is -0.0800. The second-order valence-corrected chi connectivity index (χ2v) is 7.68. The summed E-state index contributed by atoms with van der Waals surface area (Å²) in [4.78, 5) is 2.87. The van der Waals surface area contributed by atoms with Crippen LogP contribution in [0, 0.1) is 23.7 Å². The summed E-state index contributed by atoms with van der Waals surface area (Å²) < 4.78 is 0. The van der Waals surface area contributed by atoms with Crippen LogP contribution in [-0.2, 0) is 0 Å². The van der Waals surface area contributed by atoms with Gasteiger partial charge in [0.1, 0.15) is 0 Å². The Balaban J connectivity index is 1.66. The molecule has 0 amide bonds. The van der Waals surface area contributed by atoms with Crippen LogP contribution in [-0.4, -0.2) is 37.1 Å². The highest BCUT2D eigenvalue weighted by Crippen LogP contribution is 2.41. The molecule has 2 nitrogen and oxygen atoms in total. The molecule has 19 heavy (non-hydrogen) atoms. The maximum absolute atomic E-state index is 3.61. The van der Waals surface area contributed by atoms with Gasteiger partial charge in [-0.15, -0.1) is 0 Å². The molecule has 0 aromatic carbocycles. The first-order valence-electron chi connectivity index (χ1n) is 8.60. The molecular formula is C17H32N2. The normalized spacial score (nSPS) is 43.9. The average Bonchev–Trinajstić information content (AvgIpc) is 2.98. The molecule has 1 aliphatic heterocycles. The van der Waals surface area contributed by atoms with E-state index in [1.165, 1.54) is 51.6 Å². The molecule has 0 aromatic rings. The van der Waals surface area contributed by atoms with Crippen LogP contribution >= 0.6 is 0 Å². The second kappa shape index (κ2) is 5.73. The summed E-state index contributed by atoms with van der Waals surface area (Å²) in [5, 5.41) is 3.61. The van der Waals surface area contributed by atoms with E-state index in [0.717, 1.165) is 35.8 Å². The minimum Gasteiger partial charge on any atom is -0.315 e. The number of hydrogen-bond donors (Lipinski definition) is 1. The summed E-state index contributed by atoms with van der Waals surface area (Å²) in [6.45, 7) is 7.64. The molecule has 3 aliphatic rings. The van der Waals surface area contributed by atoms with Gasteiger partial charge in [0.2, 0.25) is 0 Å². The predicted octanol–water partition coefficient (Wildman–Crippen LogP) is 3.13. The smallest absolute Gasteiger partial charge is 0.0252 e. The molecule has 110 valence electrons. The maximum atomic E-state index is 3.61. The van der Waals surface area contributed by atoms with E-state index < -0.39 is 0 Å². The molecule has 0 aromatic heterocycles. The van der Waals surface area contributed by atoms with Crippen LogP contribution in [0.5, 0.6) is 0 Å². The van der Waals surface area contributed by atoms with Gasteiger partial charge in [0, 0.05) is 25.2 Å². The standard InChI is InChI=1S/C17H32N2/c1-12(2)13-7-8-16(18-3)17(9-13)19-10-14-5-4-6-15(14)11-19/h12-18H,4-11H2,1-3H3. The van der Waals surface area contributed by atoms with E-state index in [4.69, 9.17) is 0 Å². The van der Waals surface area contributed by atoms with Gasteiger partial charge in [-0.2, -0.15) is 0 Å². The third-order valence-corrected chi connectivity index (χ3v) is 6.39. The zero-order valence-corrected chi connectivity index (χ0v) is 13.1. The summed E-state index contributed by atoms with van der Waals surface area (Å²) >= 11 is 0. The van der Waals surface area contributed by atoms with Gasteiger partial charge < -0.3 is 5.32 Å². The van der Waals surface area contributed by atoms with Crippen LogP contribution in [0.25, 0.3) is 0 Å². The Bertz CT molecular complexity index is 290. The zero-order valence-electron chi connectivity index (χ0n) is 13.1. The van der Waals surface area contributed by atoms with Crippen LogP contribution in [0.1, 0.15) is 52.4 Å². The number of fused-ring (bicyclic) bond motifs is 1. The van der Waals surface area contributed by atoms with Crippen molar-refractivity contribution < 1.29 is 0 Å². The molecule has 1 saturated heterocycles. The lowest BCUT2D eigenvalue weighted by molar-refractivity contribution is 0.0980. The van der Waals surface area contributed by atoms with Crippen LogP contribution in [0.2, 0.25) is 0 Å². The number of likely N-dealkylation sites (N-methyl/N-ethyl adjacent to an activating group) is 1. The molecule has 0 spiro atoms. The Kier molecular flexibility index (Phi) is 4.19. The molecular weight excluding hydrogens is 232 g/mol. The number of likely N-dealkylation sites (tertiary alicyclic amines) is 1. The van der Waals surface area contributed by atoms with Crippen molar-refractivity contribution in [1.29, 1.82) is 0 Å². The van der Waals surface area contributed by atoms with Crippen molar-refractivity contribution in [3.05, 3.63) is 0 Å². The van der Waals surface area contributed by atoms with Gasteiger partial charge in [-0.25, -0.2) is 0 Å². The van der Waals surface area contributed by atoms with Gasteiger partial charge in [0.05, 0.1) is 0 Å². The van der Waals surface area contributed by atoms with Crippen molar-refractivity contribution in [2.45, 2.75) is 64.5 Å². The molecule has 1 heterocycles. The summed E-state index contributed by atoms with van der Waals surface area (Å²) in [5.74, 6) is 3.89. The average molecular weight is 264 g/mol. The van der Waals surface area contributed by atoms with Crippen molar-refractivity contribution in [3.63, 3.8) is 0 Å². The zero-order chi connectivity index (χ0) is 13.4. The van der Waals surface area contributed by atoms with Crippen molar-refractivity contribution in [2.24, 2.45) is 23.7 Å². The molecule has 2 heteroatoms. The lowest BCUT2D eigenvalue weighted by atomic mass is 9.76. The molecule has 3 fully saturated rings. The third kappa shape index (κ3) is 2.71. The SMILES string of the molecule is CNC1CCC(C(C)C)CC1N1CC2CCCC2C1. The number of nitrogens with one attached hydrogen (secondary N) is 1. The highest BCUT2D eigenvalue weighted by atomic mass is 15.2. The van der Waals surface area contributed by atoms with Gasteiger partial charge in [0.25, 0.3) is 0 Å². The quantitative estimate of drug-likeness (QED) is 0.842. The number of rotatable bonds is 3. The molecule has 5 unspecified atom stereocenters. The third-order valence-electron chi connectivity index (χ3n) is 6.39. The fraction of sp³-hybridized carbons (Fsp3) is 1.00. The van der Waals surface area contributed by atoms with Gasteiger partial charge in [-0.3, -0.25) is 4.90 Å². The van der Waals surface area contributed by atoms with Crippen LogP contribution in [0.15, 0.2) is 0 Å². The fourth-order valence-corrected chi connectivity index (χ4v) is 5.07. The predicted molar refractivity (Wildman–Crippen MR) is 81.2 cm³/mol. The van der Waals surface area contributed by atoms with Crippen molar-refractivity contribution in [3.8, 4) is 0 Å². The molecule has 2 aliphatic carbocycles. The first-order valence-corrected chi connectivity index (χ1v) is 8.60. The Morgan fingerprint density at radius 3 is 2.26 bits per heavy atom. The number of hydrogen-bond acceptors (Lipinski definition) is 2. The fourth-order valence-electron chi connectivity index (χ4n) is 5.07. The minimum absolute atomic E-state index is 0.744. The Morgan fingerprint density at radius 2 is 1.68 bits per heavy atom. The lowest BCUT2D eigenvalue weighted by Gasteiger charge is -2.42. The Labute approximate surface area is 119 Å². The van der Waals surface area contributed by atoms with E-state index in [9.17, 15) is 0 Å². The van der Waals surface area contributed by atoms with Gasteiger partial charge in [-0.05, 0) is 62.8 Å². The molecule has 3 rings (SSSR count). The van der Waals surface area contributed by atoms with E-state index in [1.807, 2.05) is 0 Å². The number of nitrogens with zero attached hydrogens (tertiary/aromatic N) is 1. The van der Waals surface area contributed by atoms with Gasteiger partial charge in [0.15, 0.2) is 0 Å². The van der Waals surface area contributed by atoms with E-state index in [1.54, 1.807) is 0 Å². The highest BCUT2D eigenvalue weighted by Gasteiger charge is 2.42. The Morgan fingerprint density at radius 1 is 1.00 bits per heavy atom. The first kappa shape index (κ1) is 13.9. The van der Waals surface area contributed by atoms with E-state index in [2.05, 4.69) is 31.1 Å². The van der Waals surface area contributed by atoms with Crippen molar-refractivity contribution in [1.82, 2.24) is 10.2 Å². The van der Waals surface area contributed by atoms with Crippen molar-refractivity contribution in [2.75, 3.05) is 20.1 Å². The minimum atomic E-state index is 0.744. The monoisotopic (exact) mass is 264 g/mol. The van der Waals surface area contributed by atoms with E-state index >= 15 is 0 Å². The summed E-state index contributed by atoms with van der Waals surface area (Å²) in [6, 6.07) is 1.56. The van der Waals surface area contributed by atoms with E-state index in [0.29, 0.717) is 0 Å². The first-order chi connectivity index (χ1) is 9.19. The second-order valence-electron chi connectivity index (χ2n) is 7.68. The van der Waals surface area contributed by atoms with Crippen LogP contribution in [0.4, 0.5) is 0 Å². The maximum Gasteiger partial charge on any atom is 0.0252 e. The van der Waals surface area contributed by atoms with Crippen LogP contribution in [0.3, 0.4) is 0 Å². The topological polar surface area (TPSA) is 15.3 Å². The van der Waals surface area contributed by atoms with Gasteiger partial charge in [-0.1, -0.05) is 20.3 Å². The molecule has 2 saturated carbocycles. The summed E-state index contributed by atoms with van der Waals surface area (Å²) in [6.07, 6.45) is 8.76. The van der Waals surface area contributed by atoms with E-state index in [-0.39, 0.29) is 0 Å². The molecule has 0 bridgehead atoms. The largest absolute Gasteiger partial charge is 0.315 e. The molecule has 5 atom stereocenters. The lowest BCUT2D eigenvalue weighted by Crippen LogP contribution is -2.52. The molecule has 0 radical (unpaired) electrons. The summed E-state index contributed by atoms with van der Waals surface area (Å²) in [5.41, 5.74) is 0. The molecule has 1 N–H and O–H groups in total. The van der Waals surface area contributed by atoms with Crippen molar-refractivity contribution >= 4 is 0 Å². The highest BCUT2D eigenvalue weighted by molar-refractivity contribution is 4.97. The summed E-state index contributed by atoms with van der Waals surface area (Å²) in [7, 11) is 2.17.